The maximum atomic E-state index is 13.0. The fourth-order valence-corrected chi connectivity index (χ4v) is 2.81. The number of H-pyrrole nitrogens is 1. The first-order chi connectivity index (χ1) is 11.8. The van der Waals surface area contributed by atoms with Crippen molar-refractivity contribution in [2.45, 2.75) is 13.0 Å². The Kier molecular flexibility index (Phi) is 3.14. The number of nitrogens with two attached hydrogens (primary N) is 1. The monoisotopic (exact) mass is 344 g/mol. The molecule has 4 aromatic rings. The molecule has 0 amide bonds. The molecule has 128 valence electrons. The van der Waals surface area contributed by atoms with Crippen molar-refractivity contribution in [2.75, 3.05) is 5.73 Å². The molecule has 0 saturated carbocycles. The number of halogens is 2. The fourth-order valence-electron chi connectivity index (χ4n) is 2.81. The van der Waals surface area contributed by atoms with E-state index in [2.05, 4.69) is 24.8 Å². The SMILES string of the molecule is Cn1nc(-c2cc3cc(OC(C)(F)F)ccc3[nH]2)c2c(N)ncnc21. The number of aromatic amines is 1. The van der Waals surface area contributed by atoms with Crippen LogP contribution in [0.3, 0.4) is 0 Å². The standard InChI is InChI=1S/C16H14F2N6O/c1-16(17,18)25-9-3-4-10-8(5-9)6-11(22-10)13-12-14(19)20-7-21-15(12)24(2)23-13/h3-7,22H,1-2H3,(H2,19,20,21). The van der Waals surface area contributed by atoms with Crippen LogP contribution in [0.25, 0.3) is 33.3 Å². The smallest absolute Gasteiger partial charge is 0.394 e. The molecule has 0 atom stereocenters. The second-order valence-electron chi connectivity index (χ2n) is 5.77. The molecule has 9 heteroatoms. The number of fused-ring (bicyclic) bond motifs is 2. The molecule has 0 radical (unpaired) electrons. The summed E-state index contributed by atoms with van der Waals surface area (Å²) in [5, 5.41) is 5.80. The number of benzene rings is 1. The molecule has 0 spiro atoms. The first-order valence-electron chi connectivity index (χ1n) is 7.45. The number of anilines is 1. The van der Waals surface area contributed by atoms with E-state index in [9.17, 15) is 8.78 Å². The van der Waals surface area contributed by atoms with Gasteiger partial charge in [0.2, 0.25) is 0 Å². The average Bonchev–Trinajstić information content (AvgIpc) is 3.07. The zero-order valence-electron chi connectivity index (χ0n) is 13.4. The molecular formula is C16H14F2N6O. The average molecular weight is 344 g/mol. The number of nitrogens with zero attached hydrogens (tertiary/aromatic N) is 4. The summed E-state index contributed by atoms with van der Waals surface area (Å²) in [5.41, 5.74) is 8.62. The lowest BCUT2D eigenvalue weighted by Crippen LogP contribution is -2.18. The molecule has 3 N–H and O–H groups in total. The Balaban J connectivity index is 1.85. The summed E-state index contributed by atoms with van der Waals surface area (Å²) in [5.74, 6) is 0.403. The topological polar surface area (TPSA) is 94.6 Å². The van der Waals surface area contributed by atoms with Gasteiger partial charge < -0.3 is 15.5 Å². The highest BCUT2D eigenvalue weighted by Crippen LogP contribution is 2.33. The number of aromatic nitrogens is 5. The molecule has 0 fully saturated rings. The number of alkyl halides is 2. The molecule has 4 rings (SSSR count). The fraction of sp³-hybridized carbons (Fsp3) is 0.188. The van der Waals surface area contributed by atoms with Crippen molar-refractivity contribution in [1.82, 2.24) is 24.7 Å². The van der Waals surface area contributed by atoms with Gasteiger partial charge in [-0.25, -0.2) is 14.6 Å². The highest BCUT2D eigenvalue weighted by Gasteiger charge is 2.23. The van der Waals surface area contributed by atoms with Gasteiger partial charge in [-0.05, 0) is 24.3 Å². The van der Waals surface area contributed by atoms with Gasteiger partial charge >= 0.3 is 6.11 Å². The van der Waals surface area contributed by atoms with Gasteiger partial charge in [0, 0.05) is 24.9 Å². The summed E-state index contributed by atoms with van der Waals surface area (Å²) in [6, 6.07) is 6.49. The molecular weight excluding hydrogens is 330 g/mol. The van der Waals surface area contributed by atoms with E-state index >= 15 is 0 Å². The third kappa shape index (κ3) is 2.63. The number of ether oxygens (including phenoxy) is 1. The van der Waals surface area contributed by atoms with E-state index in [1.807, 2.05) is 0 Å². The normalized spacial score (nSPS) is 12.2. The van der Waals surface area contributed by atoms with Gasteiger partial charge in [-0.2, -0.15) is 13.9 Å². The van der Waals surface area contributed by atoms with Crippen molar-refractivity contribution in [3.05, 3.63) is 30.6 Å². The van der Waals surface area contributed by atoms with E-state index in [1.54, 1.807) is 23.9 Å². The van der Waals surface area contributed by atoms with Gasteiger partial charge in [-0.1, -0.05) is 0 Å². The van der Waals surface area contributed by atoms with Crippen LogP contribution in [0.15, 0.2) is 30.6 Å². The number of hydrogen-bond acceptors (Lipinski definition) is 5. The largest absolute Gasteiger partial charge is 0.433 e. The van der Waals surface area contributed by atoms with E-state index < -0.39 is 6.11 Å². The third-order valence-corrected chi connectivity index (χ3v) is 3.79. The third-order valence-electron chi connectivity index (χ3n) is 3.79. The predicted molar refractivity (Wildman–Crippen MR) is 89.3 cm³/mol. The minimum absolute atomic E-state index is 0.0827. The van der Waals surface area contributed by atoms with Crippen LogP contribution in [0.2, 0.25) is 0 Å². The summed E-state index contributed by atoms with van der Waals surface area (Å²) in [6.45, 7) is 0.697. The van der Waals surface area contributed by atoms with Crippen molar-refractivity contribution in [3.63, 3.8) is 0 Å². The van der Waals surface area contributed by atoms with Gasteiger partial charge in [0.05, 0.1) is 11.1 Å². The van der Waals surface area contributed by atoms with E-state index in [4.69, 9.17) is 5.73 Å². The lowest BCUT2D eigenvalue weighted by atomic mass is 10.2. The Morgan fingerprint density at radius 2 is 2.04 bits per heavy atom. The molecule has 0 aliphatic heterocycles. The zero-order chi connectivity index (χ0) is 17.8. The molecule has 0 aliphatic rings. The van der Waals surface area contributed by atoms with E-state index in [1.165, 1.54) is 18.5 Å². The Hall–Kier alpha value is -3.23. The van der Waals surface area contributed by atoms with Crippen LogP contribution in [-0.4, -0.2) is 30.8 Å². The van der Waals surface area contributed by atoms with E-state index in [0.717, 1.165) is 5.52 Å². The highest BCUT2D eigenvalue weighted by atomic mass is 19.3. The second-order valence-corrected chi connectivity index (χ2v) is 5.77. The van der Waals surface area contributed by atoms with Gasteiger partial charge in [0.15, 0.2) is 5.65 Å². The zero-order valence-corrected chi connectivity index (χ0v) is 13.4. The molecule has 0 unspecified atom stereocenters. The maximum absolute atomic E-state index is 13.0. The molecule has 3 aromatic heterocycles. The van der Waals surface area contributed by atoms with Crippen LogP contribution in [0.4, 0.5) is 14.6 Å². The minimum atomic E-state index is -3.24. The molecule has 7 nitrogen and oxygen atoms in total. The second kappa shape index (κ2) is 5.13. The van der Waals surface area contributed by atoms with Crippen LogP contribution in [-0.2, 0) is 7.05 Å². The number of aryl methyl sites for hydroxylation is 1. The summed E-state index contributed by atoms with van der Waals surface area (Å²) in [7, 11) is 1.76. The minimum Gasteiger partial charge on any atom is -0.433 e. The van der Waals surface area contributed by atoms with Gasteiger partial charge in [0.1, 0.15) is 23.6 Å². The Morgan fingerprint density at radius 1 is 1.24 bits per heavy atom. The maximum Gasteiger partial charge on any atom is 0.394 e. The lowest BCUT2D eigenvalue weighted by Gasteiger charge is -2.12. The van der Waals surface area contributed by atoms with Gasteiger partial charge in [-0.3, -0.25) is 0 Å². The van der Waals surface area contributed by atoms with Crippen LogP contribution < -0.4 is 10.5 Å². The molecule has 0 saturated heterocycles. The highest BCUT2D eigenvalue weighted by molar-refractivity contribution is 5.99. The Bertz CT molecular complexity index is 1100. The molecule has 25 heavy (non-hydrogen) atoms. The van der Waals surface area contributed by atoms with Crippen LogP contribution in [0, 0.1) is 0 Å². The number of nitrogens with one attached hydrogen (secondary N) is 1. The van der Waals surface area contributed by atoms with Crippen molar-refractivity contribution >= 4 is 27.8 Å². The number of nitrogen functional groups attached to an aromatic ring is 1. The lowest BCUT2D eigenvalue weighted by molar-refractivity contribution is -0.158. The van der Waals surface area contributed by atoms with E-state index in [0.29, 0.717) is 40.5 Å². The van der Waals surface area contributed by atoms with Crippen LogP contribution >= 0.6 is 0 Å². The number of rotatable bonds is 3. The van der Waals surface area contributed by atoms with Crippen molar-refractivity contribution in [3.8, 4) is 17.1 Å². The summed E-state index contributed by atoms with van der Waals surface area (Å²) < 4.78 is 32.3. The summed E-state index contributed by atoms with van der Waals surface area (Å²) in [6.07, 6.45) is -1.86. The molecule has 1 aromatic carbocycles. The number of hydrogen-bond donors (Lipinski definition) is 2. The van der Waals surface area contributed by atoms with Crippen LogP contribution in [0.5, 0.6) is 5.75 Å². The summed E-state index contributed by atoms with van der Waals surface area (Å²) >= 11 is 0. The summed E-state index contributed by atoms with van der Waals surface area (Å²) in [4.78, 5) is 11.4. The van der Waals surface area contributed by atoms with Gasteiger partial charge in [-0.15, -0.1) is 0 Å². The molecule has 0 bridgehead atoms. The predicted octanol–water partition coefficient (Wildman–Crippen LogP) is 3.09. The van der Waals surface area contributed by atoms with Crippen molar-refractivity contribution in [1.29, 1.82) is 0 Å². The quantitative estimate of drug-likeness (QED) is 0.595. The van der Waals surface area contributed by atoms with Crippen LogP contribution in [0.1, 0.15) is 6.92 Å². The Labute approximate surface area is 140 Å². The van der Waals surface area contributed by atoms with Crippen molar-refractivity contribution < 1.29 is 13.5 Å². The van der Waals surface area contributed by atoms with Crippen molar-refractivity contribution in [2.24, 2.45) is 7.05 Å². The molecule has 0 aliphatic carbocycles. The molecule has 3 heterocycles. The van der Waals surface area contributed by atoms with Gasteiger partial charge in [0.25, 0.3) is 0 Å². The Morgan fingerprint density at radius 3 is 2.80 bits per heavy atom. The first kappa shape index (κ1) is 15.3. The van der Waals surface area contributed by atoms with E-state index in [-0.39, 0.29) is 5.75 Å². The first-order valence-corrected chi connectivity index (χ1v) is 7.45.